The van der Waals surface area contributed by atoms with Gasteiger partial charge in [-0.25, -0.2) is 4.98 Å². The lowest BCUT2D eigenvalue weighted by Gasteiger charge is -2.37. The smallest absolute Gasteiger partial charge is 0.222 e. The second-order valence-corrected chi connectivity index (χ2v) is 5.02. The van der Waals surface area contributed by atoms with Crippen LogP contribution in [0.2, 0.25) is 0 Å². The molecule has 0 aromatic carbocycles. The number of carbonyl (C=O) groups is 1. The van der Waals surface area contributed by atoms with Crippen LogP contribution >= 0.6 is 0 Å². The normalized spacial score (nSPS) is 18.9. The van der Waals surface area contributed by atoms with Crippen molar-refractivity contribution in [2.45, 2.75) is 38.2 Å². The molecule has 0 aliphatic carbocycles. The SMILES string of the molecule is CCCC(=O)N1CCC(O)(c2nccn2C)CC1. The predicted octanol–water partition coefficient (Wildman–Crippen LogP) is 1.03. The Hall–Kier alpha value is -1.36. The fraction of sp³-hybridized carbons (Fsp3) is 0.692. The molecule has 1 aliphatic heterocycles. The Morgan fingerprint density at radius 3 is 2.67 bits per heavy atom. The second kappa shape index (κ2) is 5.10. The summed E-state index contributed by atoms with van der Waals surface area (Å²) in [6, 6.07) is 0. The highest BCUT2D eigenvalue weighted by Gasteiger charge is 2.37. The maximum atomic E-state index is 11.8. The summed E-state index contributed by atoms with van der Waals surface area (Å²) in [7, 11) is 1.88. The molecule has 0 saturated carbocycles. The van der Waals surface area contributed by atoms with Gasteiger partial charge in [-0.3, -0.25) is 4.79 Å². The lowest BCUT2D eigenvalue weighted by atomic mass is 9.90. The topological polar surface area (TPSA) is 58.4 Å². The summed E-state index contributed by atoms with van der Waals surface area (Å²) in [6.07, 6.45) is 6.13. The van der Waals surface area contributed by atoms with Crippen molar-refractivity contribution in [1.29, 1.82) is 0 Å². The summed E-state index contributed by atoms with van der Waals surface area (Å²) in [5, 5.41) is 10.6. The van der Waals surface area contributed by atoms with E-state index in [0.717, 1.165) is 6.42 Å². The summed E-state index contributed by atoms with van der Waals surface area (Å²) in [6.45, 7) is 3.23. The van der Waals surface area contributed by atoms with E-state index in [4.69, 9.17) is 0 Å². The molecule has 0 radical (unpaired) electrons. The molecule has 1 fully saturated rings. The van der Waals surface area contributed by atoms with E-state index >= 15 is 0 Å². The zero-order chi connectivity index (χ0) is 13.2. The second-order valence-electron chi connectivity index (χ2n) is 5.02. The van der Waals surface area contributed by atoms with Gasteiger partial charge in [0.05, 0.1) is 0 Å². The van der Waals surface area contributed by atoms with E-state index in [1.165, 1.54) is 0 Å². The Morgan fingerprint density at radius 2 is 2.17 bits per heavy atom. The summed E-state index contributed by atoms with van der Waals surface area (Å²) in [5.41, 5.74) is -0.888. The summed E-state index contributed by atoms with van der Waals surface area (Å²) in [5.74, 6) is 0.893. The number of aryl methyl sites for hydroxylation is 1. The average molecular weight is 251 g/mol. The average Bonchev–Trinajstić information content (AvgIpc) is 2.77. The molecule has 18 heavy (non-hydrogen) atoms. The third-order valence-corrected chi connectivity index (χ3v) is 3.64. The molecule has 1 aliphatic rings. The maximum absolute atomic E-state index is 11.8. The van der Waals surface area contributed by atoms with Crippen LogP contribution in [0.5, 0.6) is 0 Å². The minimum Gasteiger partial charge on any atom is -0.382 e. The van der Waals surface area contributed by atoms with E-state index in [2.05, 4.69) is 4.98 Å². The van der Waals surface area contributed by atoms with Crippen LogP contribution in [0, 0.1) is 0 Å². The van der Waals surface area contributed by atoms with Crippen molar-refractivity contribution in [2.75, 3.05) is 13.1 Å². The summed E-state index contributed by atoms with van der Waals surface area (Å²) >= 11 is 0. The number of likely N-dealkylation sites (tertiary alicyclic amines) is 1. The third-order valence-electron chi connectivity index (χ3n) is 3.64. The van der Waals surface area contributed by atoms with Gasteiger partial charge in [-0.15, -0.1) is 0 Å². The number of imidazole rings is 1. The first-order chi connectivity index (χ1) is 8.57. The van der Waals surface area contributed by atoms with Crippen molar-refractivity contribution < 1.29 is 9.90 Å². The summed E-state index contributed by atoms with van der Waals surface area (Å²) < 4.78 is 1.85. The van der Waals surface area contributed by atoms with Crippen molar-refractivity contribution in [3.63, 3.8) is 0 Å². The number of piperidine rings is 1. The lowest BCUT2D eigenvalue weighted by molar-refractivity contribution is -0.136. The number of aromatic nitrogens is 2. The minimum absolute atomic E-state index is 0.194. The quantitative estimate of drug-likeness (QED) is 0.873. The van der Waals surface area contributed by atoms with Crippen LogP contribution in [0.15, 0.2) is 12.4 Å². The molecule has 1 aromatic rings. The van der Waals surface area contributed by atoms with Crippen molar-refractivity contribution in [2.24, 2.45) is 7.05 Å². The monoisotopic (exact) mass is 251 g/mol. The predicted molar refractivity (Wildman–Crippen MR) is 67.8 cm³/mol. The van der Waals surface area contributed by atoms with Crippen molar-refractivity contribution in [3.8, 4) is 0 Å². The maximum Gasteiger partial charge on any atom is 0.222 e. The molecule has 0 bridgehead atoms. The van der Waals surface area contributed by atoms with Gasteiger partial charge in [0.1, 0.15) is 11.4 Å². The molecule has 5 nitrogen and oxygen atoms in total. The molecule has 1 saturated heterocycles. The third kappa shape index (κ3) is 2.41. The lowest BCUT2D eigenvalue weighted by Crippen LogP contribution is -2.46. The number of aliphatic hydroxyl groups is 1. The van der Waals surface area contributed by atoms with Gasteiger partial charge in [-0.1, -0.05) is 6.92 Å². The molecular weight excluding hydrogens is 230 g/mol. The number of rotatable bonds is 3. The van der Waals surface area contributed by atoms with E-state index < -0.39 is 5.60 Å². The van der Waals surface area contributed by atoms with Crippen LogP contribution in [0.4, 0.5) is 0 Å². The van der Waals surface area contributed by atoms with Crippen LogP contribution in [0.3, 0.4) is 0 Å². The van der Waals surface area contributed by atoms with E-state index in [9.17, 15) is 9.90 Å². The first-order valence-electron chi connectivity index (χ1n) is 6.55. The van der Waals surface area contributed by atoms with Crippen LogP contribution < -0.4 is 0 Å². The molecule has 1 N–H and O–H groups in total. The van der Waals surface area contributed by atoms with Gasteiger partial charge in [-0.05, 0) is 6.42 Å². The number of carbonyl (C=O) groups excluding carboxylic acids is 1. The highest BCUT2D eigenvalue weighted by molar-refractivity contribution is 5.76. The summed E-state index contributed by atoms with van der Waals surface area (Å²) in [4.78, 5) is 17.9. The number of hydrogen-bond acceptors (Lipinski definition) is 3. The largest absolute Gasteiger partial charge is 0.382 e. The van der Waals surface area contributed by atoms with Gasteiger partial charge in [0, 0.05) is 51.8 Å². The van der Waals surface area contributed by atoms with Crippen molar-refractivity contribution in [1.82, 2.24) is 14.5 Å². The molecule has 0 unspecified atom stereocenters. The Labute approximate surface area is 107 Å². The standard InChI is InChI=1S/C13H21N3O2/c1-3-4-11(17)16-8-5-13(18,6-9-16)12-14-7-10-15(12)2/h7,10,18H,3-6,8-9H2,1-2H3. The van der Waals surface area contributed by atoms with Crippen LogP contribution in [0.25, 0.3) is 0 Å². The molecular formula is C13H21N3O2. The van der Waals surface area contributed by atoms with Gasteiger partial charge in [-0.2, -0.15) is 0 Å². The van der Waals surface area contributed by atoms with Gasteiger partial charge in [0.25, 0.3) is 0 Å². The first-order valence-corrected chi connectivity index (χ1v) is 6.55. The molecule has 0 spiro atoms. The molecule has 1 aromatic heterocycles. The number of hydrogen-bond donors (Lipinski definition) is 1. The number of nitrogens with zero attached hydrogens (tertiary/aromatic N) is 3. The molecule has 2 rings (SSSR count). The molecule has 2 heterocycles. The Morgan fingerprint density at radius 1 is 1.50 bits per heavy atom. The van der Waals surface area contributed by atoms with E-state index in [-0.39, 0.29) is 5.91 Å². The number of amides is 1. The molecule has 5 heteroatoms. The zero-order valence-corrected chi connectivity index (χ0v) is 11.1. The molecule has 100 valence electrons. The highest BCUT2D eigenvalue weighted by Crippen LogP contribution is 2.31. The van der Waals surface area contributed by atoms with E-state index in [1.54, 1.807) is 6.20 Å². The van der Waals surface area contributed by atoms with Crippen molar-refractivity contribution >= 4 is 5.91 Å². The Balaban J connectivity index is 2.02. The molecule has 0 atom stereocenters. The fourth-order valence-electron chi connectivity index (χ4n) is 2.54. The van der Waals surface area contributed by atoms with Gasteiger partial charge < -0.3 is 14.6 Å². The zero-order valence-electron chi connectivity index (χ0n) is 11.1. The minimum atomic E-state index is -0.888. The van der Waals surface area contributed by atoms with Gasteiger partial charge >= 0.3 is 0 Å². The highest BCUT2D eigenvalue weighted by atomic mass is 16.3. The van der Waals surface area contributed by atoms with E-state index in [1.807, 2.05) is 29.6 Å². The molecule has 1 amide bonds. The van der Waals surface area contributed by atoms with Crippen LogP contribution in [0.1, 0.15) is 38.4 Å². The Kier molecular flexibility index (Phi) is 3.71. The van der Waals surface area contributed by atoms with Crippen LogP contribution in [-0.2, 0) is 17.4 Å². The van der Waals surface area contributed by atoms with Crippen LogP contribution in [-0.4, -0.2) is 38.6 Å². The Bertz CT molecular complexity index is 420. The van der Waals surface area contributed by atoms with Gasteiger partial charge in [0.2, 0.25) is 5.91 Å². The first kappa shape index (κ1) is 13.1. The van der Waals surface area contributed by atoms with Crippen molar-refractivity contribution in [3.05, 3.63) is 18.2 Å². The fourth-order valence-corrected chi connectivity index (χ4v) is 2.54. The van der Waals surface area contributed by atoms with E-state index in [0.29, 0.717) is 38.2 Å². The van der Waals surface area contributed by atoms with Gasteiger partial charge in [0.15, 0.2) is 0 Å².